The Balaban J connectivity index is 1.42. The highest BCUT2D eigenvalue weighted by molar-refractivity contribution is 7.92. The van der Waals surface area contributed by atoms with Gasteiger partial charge >= 0.3 is 0 Å². The van der Waals surface area contributed by atoms with Crippen LogP contribution in [0.4, 0.5) is 23.1 Å². The average molecular weight is 614 g/mol. The lowest BCUT2D eigenvalue weighted by atomic mass is 9.82. The number of likely N-dealkylation sites (tertiary alicyclic amines) is 1. The fourth-order valence-electron chi connectivity index (χ4n) is 6.02. The van der Waals surface area contributed by atoms with Crippen LogP contribution in [0.3, 0.4) is 0 Å². The molecule has 9 nitrogen and oxygen atoms in total. The maximum Gasteiger partial charge on any atom is 0.229 e. The molecule has 0 saturated carbocycles. The van der Waals surface area contributed by atoms with Gasteiger partial charge in [0, 0.05) is 18.5 Å². The first-order valence-corrected chi connectivity index (χ1v) is 16.5. The number of nitrogens with zero attached hydrogens (tertiary/aromatic N) is 3. The van der Waals surface area contributed by atoms with E-state index in [9.17, 15) is 13.5 Å². The van der Waals surface area contributed by atoms with Gasteiger partial charge < -0.3 is 25.4 Å². The monoisotopic (exact) mass is 613 g/mol. The van der Waals surface area contributed by atoms with E-state index in [1.165, 1.54) is 22.9 Å². The fourth-order valence-corrected chi connectivity index (χ4v) is 7.36. The summed E-state index contributed by atoms with van der Waals surface area (Å²) in [4.78, 5) is 11.5. The Morgan fingerprint density at radius 3 is 2.55 bits per heavy atom. The van der Waals surface area contributed by atoms with Gasteiger partial charge in [-0.2, -0.15) is 4.98 Å². The van der Waals surface area contributed by atoms with E-state index in [-0.39, 0.29) is 22.1 Å². The number of anilines is 4. The van der Waals surface area contributed by atoms with Crippen LogP contribution in [0.5, 0.6) is 5.75 Å². The van der Waals surface area contributed by atoms with E-state index in [1.54, 1.807) is 38.1 Å². The summed E-state index contributed by atoms with van der Waals surface area (Å²) in [6.07, 6.45) is 4.16. The Hall–Kier alpha value is -2.92. The second-order valence-electron chi connectivity index (χ2n) is 11.7. The molecule has 5 rings (SSSR count). The van der Waals surface area contributed by atoms with Crippen molar-refractivity contribution in [3.05, 3.63) is 58.2 Å². The lowest BCUT2D eigenvalue weighted by Crippen LogP contribution is -2.37. The number of β-amino-alcohol motifs (C(OH)–C–C–N with tert-alkyl or cyclic N) is 1. The van der Waals surface area contributed by atoms with Crippen LogP contribution in [0, 0.1) is 6.92 Å². The molecule has 2 atom stereocenters. The number of halogens is 1. The van der Waals surface area contributed by atoms with E-state index in [4.69, 9.17) is 16.3 Å². The summed E-state index contributed by atoms with van der Waals surface area (Å²) in [5.41, 5.74) is 5.00. The van der Waals surface area contributed by atoms with E-state index in [1.807, 2.05) is 6.92 Å². The van der Waals surface area contributed by atoms with Crippen molar-refractivity contribution in [2.75, 3.05) is 30.3 Å². The number of aromatic nitrogens is 2. The van der Waals surface area contributed by atoms with Crippen molar-refractivity contribution in [2.45, 2.75) is 82.2 Å². The summed E-state index contributed by atoms with van der Waals surface area (Å²) in [6, 6.07) is 8.83. The Bertz CT molecular complexity index is 1560. The zero-order chi connectivity index (χ0) is 30.2. The van der Waals surface area contributed by atoms with Crippen LogP contribution in [0.1, 0.15) is 63.1 Å². The number of aliphatic hydroxyl groups is 1. The third kappa shape index (κ3) is 6.37. The molecule has 0 amide bonds. The van der Waals surface area contributed by atoms with Crippen molar-refractivity contribution in [3.63, 3.8) is 0 Å². The quantitative estimate of drug-likeness (QED) is 0.267. The molecule has 1 fully saturated rings. The number of aliphatic hydroxyl groups excluding tert-OH is 1. The van der Waals surface area contributed by atoms with Crippen LogP contribution in [0.15, 0.2) is 41.4 Å². The Kier molecular flexibility index (Phi) is 8.99. The van der Waals surface area contributed by atoms with E-state index < -0.39 is 15.1 Å². The molecule has 11 heteroatoms. The fraction of sp³-hybridized carbons (Fsp3) is 0.484. The predicted octanol–water partition coefficient (Wildman–Crippen LogP) is 5.99. The van der Waals surface area contributed by atoms with Gasteiger partial charge in [0.1, 0.15) is 16.9 Å². The first-order chi connectivity index (χ1) is 19.9. The van der Waals surface area contributed by atoms with Crippen molar-refractivity contribution in [3.8, 4) is 5.75 Å². The average Bonchev–Trinajstić information content (AvgIpc) is 3.32. The number of ether oxygens (including phenoxy) is 1. The third-order valence-corrected chi connectivity index (χ3v) is 10.5. The summed E-state index contributed by atoms with van der Waals surface area (Å²) in [5.74, 6) is 1.88. The highest BCUT2D eigenvalue weighted by atomic mass is 35.5. The van der Waals surface area contributed by atoms with Gasteiger partial charge in [0.15, 0.2) is 15.7 Å². The van der Waals surface area contributed by atoms with Crippen LogP contribution in [0.25, 0.3) is 0 Å². The molecule has 2 aliphatic rings. The Morgan fingerprint density at radius 1 is 1.14 bits per heavy atom. The van der Waals surface area contributed by atoms with Crippen LogP contribution >= 0.6 is 11.6 Å². The molecule has 226 valence electrons. The SMILES string of the molecule is Cc1cc(Nc2ncc(Cl)c(Nc3ccccc3S(=O)(=O)C(C)C)n2)c2c(c1C1CCN(C[C@@H](C)O)CC1)C[C@H](C)O2. The largest absolute Gasteiger partial charge is 0.488 e. The van der Waals surface area contributed by atoms with Crippen molar-refractivity contribution in [1.29, 1.82) is 0 Å². The summed E-state index contributed by atoms with van der Waals surface area (Å²) in [6.45, 7) is 12.0. The molecule has 0 unspecified atom stereocenters. The normalized spacial score (nSPS) is 18.5. The molecule has 0 spiro atoms. The lowest BCUT2D eigenvalue weighted by molar-refractivity contribution is 0.109. The topological polar surface area (TPSA) is 117 Å². The van der Waals surface area contributed by atoms with Crippen LogP contribution in [-0.4, -0.2) is 65.5 Å². The minimum Gasteiger partial charge on any atom is -0.488 e. The van der Waals surface area contributed by atoms with Gasteiger partial charge in [-0.05, 0) is 95.8 Å². The molecule has 3 heterocycles. The molecule has 1 saturated heterocycles. The summed E-state index contributed by atoms with van der Waals surface area (Å²) < 4.78 is 32.2. The zero-order valence-electron chi connectivity index (χ0n) is 24.8. The van der Waals surface area contributed by atoms with Crippen molar-refractivity contribution in [1.82, 2.24) is 14.9 Å². The van der Waals surface area contributed by atoms with Gasteiger partial charge in [-0.1, -0.05) is 23.7 Å². The Morgan fingerprint density at radius 2 is 1.86 bits per heavy atom. The number of nitrogens with one attached hydrogen (secondary N) is 2. The summed E-state index contributed by atoms with van der Waals surface area (Å²) >= 11 is 6.45. The number of benzene rings is 2. The van der Waals surface area contributed by atoms with Gasteiger partial charge in [0.25, 0.3) is 0 Å². The van der Waals surface area contributed by atoms with Gasteiger partial charge in [0.05, 0.1) is 33.8 Å². The molecule has 2 aliphatic heterocycles. The molecule has 1 aromatic heterocycles. The molecule has 0 aliphatic carbocycles. The summed E-state index contributed by atoms with van der Waals surface area (Å²) in [5, 5.41) is 15.9. The maximum atomic E-state index is 13.0. The van der Waals surface area contributed by atoms with Gasteiger partial charge in [-0.25, -0.2) is 13.4 Å². The van der Waals surface area contributed by atoms with Gasteiger partial charge in [-0.3, -0.25) is 0 Å². The lowest BCUT2D eigenvalue weighted by Gasteiger charge is -2.34. The second kappa shape index (κ2) is 12.4. The van der Waals surface area contributed by atoms with Crippen molar-refractivity contribution >= 4 is 44.6 Å². The van der Waals surface area contributed by atoms with Crippen LogP contribution in [-0.2, 0) is 16.3 Å². The number of fused-ring (bicyclic) bond motifs is 1. The van der Waals surface area contributed by atoms with Gasteiger partial charge in [0.2, 0.25) is 5.95 Å². The summed E-state index contributed by atoms with van der Waals surface area (Å²) in [7, 11) is -3.53. The smallest absolute Gasteiger partial charge is 0.229 e. The third-order valence-electron chi connectivity index (χ3n) is 8.02. The minimum atomic E-state index is -3.53. The van der Waals surface area contributed by atoms with E-state index in [0.29, 0.717) is 29.9 Å². The number of hydrogen-bond acceptors (Lipinski definition) is 9. The first kappa shape index (κ1) is 30.5. The van der Waals surface area contributed by atoms with Gasteiger partial charge in [-0.15, -0.1) is 0 Å². The van der Waals surface area contributed by atoms with E-state index >= 15 is 0 Å². The number of aryl methyl sites for hydroxylation is 1. The number of piperidine rings is 1. The highest BCUT2D eigenvalue weighted by Gasteiger charge is 2.32. The highest BCUT2D eigenvalue weighted by Crippen LogP contribution is 2.46. The molecule has 3 aromatic rings. The van der Waals surface area contributed by atoms with Crippen molar-refractivity contribution < 1.29 is 18.3 Å². The molecule has 0 radical (unpaired) electrons. The second-order valence-corrected chi connectivity index (χ2v) is 14.6. The number of para-hydroxylation sites is 1. The zero-order valence-corrected chi connectivity index (χ0v) is 26.4. The van der Waals surface area contributed by atoms with Crippen LogP contribution < -0.4 is 15.4 Å². The van der Waals surface area contributed by atoms with E-state index in [0.717, 1.165) is 43.8 Å². The molecule has 3 N–H and O–H groups in total. The molecule has 2 aromatic carbocycles. The maximum absolute atomic E-state index is 13.0. The standard InChI is InChI=1S/C31H40ClN5O4S/c1-18(2)42(39,40)27-9-7-6-8-25(27)34-30-24(32)16-33-31(36-30)35-26-14-19(3)28(23-15-21(5)41-29(23)26)22-10-12-37(13-11-22)17-20(4)38/h6-9,14,16,18,20-22,38H,10-13,15,17H2,1-5H3,(H2,33,34,35,36)/t20-,21+/m1/s1. The molecule has 0 bridgehead atoms. The first-order valence-electron chi connectivity index (χ1n) is 14.6. The molecular weight excluding hydrogens is 574 g/mol. The minimum absolute atomic E-state index is 0.0548. The number of sulfone groups is 1. The van der Waals surface area contributed by atoms with E-state index in [2.05, 4.69) is 45.4 Å². The number of rotatable bonds is 9. The number of hydrogen-bond donors (Lipinski definition) is 3. The molecular formula is C31H40ClN5O4S. The molecule has 42 heavy (non-hydrogen) atoms. The van der Waals surface area contributed by atoms with Crippen LogP contribution in [0.2, 0.25) is 5.02 Å². The van der Waals surface area contributed by atoms with Crippen molar-refractivity contribution in [2.24, 2.45) is 0 Å². The Labute approximate surface area is 253 Å². The predicted molar refractivity (Wildman–Crippen MR) is 167 cm³/mol.